The van der Waals surface area contributed by atoms with E-state index in [0.717, 1.165) is 18.8 Å². The number of alkyl halides is 1. The fraction of sp³-hybridized carbons (Fsp3) is 0.462. The van der Waals surface area contributed by atoms with E-state index in [1.807, 2.05) is 24.3 Å². The second kappa shape index (κ2) is 5.41. The molecule has 1 aliphatic rings. The first-order valence-electron chi connectivity index (χ1n) is 5.97. The van der Waals surface area contributed by atoms with Gasteiger partial charge in [-0.05, 0) is 44.0 Å². The molecule has 1 atom stereocenters. The predicted octanol–water partition coefficient (Wildman–Crippen LogP) is 2.85. The summed E-state index contributed by atoms with van der Waals surface area (Å²) in [7, 11) is 0. The number of anilines is 2. The van der Waals surface area contributed by atoms with Gasteiger partial charge in [-0.2, -0.15) is 0 Å². The number of amides is 1. The third-order valence-corrected chi connectivity index (χ3v) is 3.17. The van der Waals surface area contributed by atoms with E-state index in [-0.39, 0.29) is 5.91 Å². The van der Waals surface area contributed by atoms with Crippen LogP contribution in [0.5, 0.6) is 0 Å². The van der Waals surface area contributed by atoms with Gasteiger partial charge in [0.1, 0.15) is 5.38 Å². The van der Waals surface area contributed by atoms with Crippen LogP contribution in [0.4, 0.5) is 11.4 Å². The Bertz CT molecular complexity index is 383. The van der Waals surface area contributed by atoms with E-state index in [2.05, 4.69) is 10.2 Å². The van der Waals surface area contributed by atoms with Crippen LogP contribution < -0.4 is 10.2 Å². The molecule has 1 saturated heterocycles. The lowest BCUT2D eigenvalue weighted by atomic mass is 10.2. The number of hydrogen-bond donors (Lipinski definition) is 1. The largest absolute Gasteiger partial charge is 0.372 e. The number of nitrogens with zero attached hydrogens (tertiary/aromatic N) is 1. The third kappa shape index (κ3) is 3.13. The predicted molar refractivity (Wildman–Crippen MR) is 71.8 cm³/mol. The van der Waals surface area contributed by atoms with E-state index in [1.165, 1.54) is 18.5 Å². The van der Waals surface area contributed by atoms with Gasteiger partial charge in [-0.1, -0.05) is 0 Å². The molecule has 0 spiro atoms. The molecule has 0 radical (unpaired) electrons. The van der Waals surface area contributed by atoms with Gasteiger partial charge < -0.3 is 10.2 Å². The van der Waals surface area contributed by atoms with Gasteiger partial charge in [0.05, 0.1) is 0 Å². The van der Waals surface area contributed by atoms with Crippen molar-refractivity contribution in [2.75, 3.05) is 23.3 Å². The van der Waals surface area contributed by atoms with Crippen LogP contribution in [0.2, 0.25) is 0 Å². The lowest BCUT2D eigenvalue weighted by Crippen LogP contribution is -2.20. The molecule has 0 saturated carbocycles. The standard InChI is InChI=1S/C13H17ClN2O/c1-10(14)13(17)15-11-4-6-12(7-5-11)16-8-2-3-9-16/h4-7,10H,2-3,8-9H2,1H3,(H,15,17)/t10-/m0/s1. The number of carbonyl (C=O) groups is 1. The summed E-state index contributed by atoms with van der Waals surface area (Å²) in [5.74, 6) is -0.166. The SMILES string of the molecule is C[C@H](Cl)C(=O)Nc1ccc(N2CCCC2)cc1. The Kier molecular flexibility index (Phi) is 3.89. The average molecular weight is 253 g/mol. The highest BCUT2D eigenvalue weighted by Gasteiger charge is 2.12. The average Bonchev–Trinajstić information content (AvgIpc) is 2.83. The van der Waals surface area contributed by atoms with Crippen molar-refractivity contribution in [2.45, 2.75) is 25.1 Å². The van der Waals surface area contributed by atoms with E-state index in [9.17, 15) is 4.79 Å². The van der Waals surface area contributed by atoms with Gasteiger partial charge in [-0.25, -0.2) is 0 Å². The van der Waals surface area contributed by atoms with Crippen LogP contribution in [0.3, 0.4) is 0 Å². The molecule has 3 nitrogen and oxygen atoms in total. The van der Waals surface area contributed by atoms with Crippen molar-refractivity contribution in [1.82, 2.24) is 0 Å². The fourth-order valence-corrected chi connectivity index (χ4v) is 2.03. The Hall–Kier alpha value is -1.22. The zero-order chi connectivity index (χ0) is 12.3. The van der Waals surface area contributed by atoms with Crippen molar-refractivity contribution in [3.05, 3.63) is 24.3 Å². The topological polar surface area (TPSA) is 32.3 Å². The van der Waals surface area contributed by atoms with Gasteiger partial charge in [-0.15, -0.1) is 11.6 Å². The molecule has 0 unspecified atom stereocenters. The summed E-state index contributed by atoms with van der Waals surface area (Å²) in [5.41, 5.74) is 2.02. The van der Waals surface area contributed by atoms with E-state index >= 15 is 0 Å². The quantitative estimate of drug-likeness (QED) is 0.839. The first kappa shape index (κ1) is 12.2. The highest BCUT2D eigenvalue weighted by Crippen LogP contribution is 2.22. The van der Waals surface area contributed by atoms with E-state index < -0.39 is 5.38 Å². The Morgan fingerprint density at radius 1 is 1.29 bits per heavy atom. The minimum atomic E-state index is -0.506. The van der Waals surface area contributed by atoms with Crippen molar-refractivity contribution in [3.8, 4) is 0 Å². The molecule has 1 amide bonds. The smallest absolute Gasteiger partial charge is 0.242 e. The Balaban J connectivity index is 2.00. The highest BCUT2D eigenvalue weighted by molar-refractivity contribution is 6.32. The van der Waals surface area contributed by atoms with Crippen molar-refractivity contribution in [1.29, 1.82) is 0 Å². The fourth-order valence-electron chi connectivity index (χ4n) is 1.97. The van der Waals surface area contributed by atoms with Crippen molar-refractivity contribution < 1.29 is 4.79 Å². The maximum atomic E-state index is 11.4. The molecule has 1 aliphatic heterocycles. The first-order chi connectivity index (χ1) is 8.16. The summed E-state index contributed by atoms with van der Waals surface area (Å²) in [6.45, 7) is 3.92. The Morgan fingerprint density at radius 2 is 1.88 bits per heavy atom. The number of benzene rings is 1. The molecule has 1 heterocycles. The van der Waals surface area contributed by atoms with Crippen LogP contribution in [-0.2, 0) is 4.79 Å². The van der Waals surface area contributed by atoms with Gasteiger partial charge in [0.25, 0.3) is 0 Å². The summed E-state index contributed by atoms with van der Waals surface area (Å²) >= 11 is 5.69. The zero-order valence-corrected chi connectivity index (χ0v) is 10.7. The molecule has 1 aromatic carbocycles. The lowest BCUT2D eigenvalue weighted by molar-refractivity contribution is -0.115. The van der Waals surface area contributed by atoms with Gasteiger partial charge in [-0.3, -0.25) is 4.79 Å². The van der Waals surface area contributed by atoms with Gasteiger partial charge >= 0.3 is 0 Å². The minimum Gasteiger partial charge on any atom is -0.372 e. The molecule has 0 aliphatic carbocycles. The maximum Gasteiger partial charge on any atom is 0.242 e. The molecule has 1 N–H and O–H groups in total. The molecule has 2 rings (SSSR count). The first-order valence-corrected chi connectivity index (χ1v) is 6.40. The molecule has 1 fully saturated rings. The van der Waals surface area contributed by atoms with Gasteiger partial charge in [0.2, 0.25) is 5.91 Å². The van der Waals surface area contributed by atoms with Crippen LogP contribution in [0.1, 0.15) is 19.8 Å². The summed E-state index contributed by atoms with van der Waals surface area (Å²) in [5, 5.41) is 2.26. The van der Waals surface area contributed by atoms with Crippen molar-refractivity contribution in [3.63, 3.8) is 0 Å². The van der Waals surface area contributed by atoms with E-state index in [0.29, 0.717) is 0 Å². The number of rotatable bonds is 3. The molecule has 1 aromatic rings. The number of hydrogen-bond acceptors (Lipinski definition) is 2. The number of carbonyl (C=O) groups excluding carboxylic acids is 1. The van der Waals surface area contributed by atoms with Gasteiger partial charge in [0.15, 0.2) is 0 Å². The molecule has 17 heavy (non-hydrogen) atoms. The summed E-state index contributed by atoms with van der Waals surface area (Å²) in [6, 6.07) is 7.93. The van der Waals surface area contributed by atoms with Crippen molar-refractivity contribution >= 4 is 28.9 Å². The van der Waals surface area contributed by atoms with Crippen LogP contribution in [0.25, 0.3) is 0 Å². The molecular weight excluding hydrogens is 236 g/mol. The monoisotopic (exact) mass is 252 g/mol. The van der Waals surface area contributed by atoms with E-state index in [4.69, 9.17) is 11.6 Å². The van der Waals surface area contributed by atoms with Crippen molar-refractivity contribution in [2.24, 2.45) is 0 Å². The summed E-state index contributed by atoms with van der Waals surface area (Å²) < 4.78 is 0. The zero-order valence-electron chi connectivity index (χ0n) is 9.95. The number of nitrogens with one attached hydrogen (secondary N) is 1. The minimum absolute atomic E-state index is 0.166. The van der Waals surface area contributed by atoms with Crippen LogP contribution in [0, 0.1) is 0 Å². The molecule has 4 heteroatoms. The van der Waals surface area contributed by atoms with Crippen LogP contribution in [0.15, 0.2) is 24.3 Å². The summed E-state index contributed by atoms with van der Waals surface area (Å²) in [4.78, 5) is 13.8. The molecule has 0 aromatic heterocycles. The second-order valence-corrected chi connectivity index (χ2v) is 5.00. The maximum absolute atomic E-state index is 11.4. The van der Waals surface area contributed by atoms with Crippen LogP contribution >= 0.6 is 11.6 Å². The third-order valence-electron chi connectivity index (χ3n) is 2.97. The molecular formula is C13H17ClN2O. The number of halogens is 1. The Labute approximate surface area is 107 Å². The van der Waals surface area contributed by atoms with Crippen LogP contribution in [-0.4, -0.2) is 24.4 Å². The highest BCUT2D eigenvalue weighted by atomic mass is 35.5. The van der Waals surface area contributed by atoms with Gasteiger partial charge in [0, 0.05) is 24.5 Å². The Morgan fingerprint density at radius 3 is 2.41 bits per heavy atom. The molecule has 0 bridgehead atoms. The second-order valence-electron chi connectivity index (χ2n) is 4.35. The molecule has 92 valence electrons. The van der Waals surface area contributed by atoms with E-state index in [1.54, 1.807) is 6.92 Å². The summed E-state index contributed by atoms with van der Waals surface area (Å²) in [6.07, 6.45) is 2.53. The normalized spacial score (nSPS) is 16.9. The lowest BCUT2D eigenvalue weighted by Gasteiger charge is -2.17.